The molecule has 0 aliphatic carbocycles. The SMILES string of the molecule is CC(C)(CO)SC#N.CCCCC(c1cccc(C(=O)OC)n1)N1CCOCCOCCN(Cc2cccc(C(=O)OC)n2)CCOCCOCC1. The van der Waals surface area contributed by atoms with Crippen molar-refractivity contribution in [2.75, 3.05) is 99.9 Å². The van der Waals surface area contributed by atoms with E-state index in [9.17, 15) is 9.59 Å². The number of methoxy groups -OCH3 is 2. The fourth-order valence-electron chi connectivity index (χ4n) is 5.03. The lowest BCUT2D eigenvalue weighted by Gasteiger charge is -2.31. The standard InChI is InChI=1S/C32H48N4O8.C5H9NOS/c1-4-5-12-30(27-9-7-11-29(34-27)32(38)40-3)36-15-19-43-23-21-41-17-13-35(14-18-42-22-24-44-20-16-36)25-26-8-6-10-28(33-26)31(37)39-2;1-5(2,3-7)8-4-6/h6-11,30H,4-5,12-25H2,1-3H3;7H,3H2,1-2H3. The molecule has 1 unspecified atom stereocenters. The number of esters is 2. The summed E-state index contributed by atoms with van der Waals surface area (Å²) in [5.74, 6) is -0.901. The van der Waals surface area contributed by atoms with Crippen LogP contribution in [0.25, 0.3) is 0 Å². The lowest BCUT2D eigenvalue weighted by Crippen LogP contribution is -2.36. The summed E-state index contributed by atoms with van der Waals surface area (Å²) < 4.78 is 33.1. The van der Waals surface area contributed by atoms with Gasteiger partial charge in [-0.15, -0.1) is 0 Å². The van der Waals surface area contributed by atoms with Gasteiger partial charge in [-0.05, 0) is 56.3 Å². The van der Waals surface area contributed by atoms with E-state index < -0.39 is 11.9 Å². The molecule has 1 aliphatic rings. The summed E-state index contributed by atoms with van der Waals surface area (Å²) in [6.45, 7) is 13.1. The summed E-state index contributed by atoms with van der Waals surface area (Å²) >= 11 is 1.09. The summed E-state index contributed by atoms with van der Waals surface area (Å²) in [6.07, 6.45) is 2.98. The van der Waals surface area contributed by atoms with Crippen LogP contribution in [0.4, 0.5) is 0 Å². The van der Waals surface area contributed by atoms with Gasteiger partial charge >= 0.3 is 11.9 Å². The minimum atomic E-state index is -0.456. The van der Waals surface area contributed by atoms with Crippen LogP contribution in [0.5, 0.6) is 0 Å². The number of hydrogen-bond donors (Lipinski definition) is 1. The lowest BCUT2D eigenvalue weighted by atomic mass is 10.0. The maximum atomic E-state index is 12.2. The van der Waals surface area contributed by atoms with Crippen LogP contribution in [-0.2, 0) is 35.0 Å². The highest BCUT2D eigenvalue weighted by molar-refractivity contribution is 8.05. The summed E-state index contributed by atoms with van der Waals surface area (Å²) in [5, 5.41) is 18.6. The van der Waals surface area contributed by atoms with E-state index in [-0.39, 0.29) is 23.1 Å². The Bertz CT molecular complexity index is 1330. The zero-order valence-corrected chi connectivity index (χ0v) is 32.2. The number of carbonyl (C=O) groups is 2. The minimum absolute atomic E-state index is 0.0126. The number of aromatic nitrogens is 2. The highest BCUT2D eigenvalue weighted by Gasteiger charge is 2.23. The van der Waals surface area contributed by atoms with Gasteiger partial charge in [0.2, 0.25) is 0 Å². The van der Waals surface area contributed by atoms with Gasteiger partial charge in [0.05, 0.1) is 91.1 Å². The van der Waals surface area contributed by atoms with Crippen LogP contribution in [0.1, 0.15) is 78.4 Å². The first-order valence-corrected chi connectivity index (χ1v) is 18.5. The van der Waals surface area contributed by atoms with Crippen molar-refractivity contribution >= 4 is 23.7 Å². The second-order valence-corrected chi connectivity index (χ2v) is 14.0. The van der Waals surface area contributed by atoms with Gasteiger partial charge < -0.3 is 33.5 Å². The van der Waals surface area contributed by atoms with Crippen molar-refractivity contribution in [1.82, 2.24) is 19.8 Å². The smallest absolute Gasteiger partial charge is 0.356 e. The summed E-state index contributed by atoms with van der Waals surface area (Å²) in [4.78, 5) is 37.7. The topological polar surface area (TPSA) is 166 Å². The van der Waals surface area contributed by atoms with E-state index in [1.54, 1.807) is 12.1 Å². The largest absolute Gasteiger partial charge is 0.464 e. The number of hydrogen-bond acceptors (Lipinski definition) is 15. The number of aliphatic hydroxyl groups is 1. The van der Waals surface area contributed by atoms with Crippen molar-refractivity contribution in [2.24, 2.45) is 0 Å². The molecule has 52 heavy (non-hydrogen) atoms. The van der Waals surface area contributed by atoms with Crippen molar-refractivity contribution in [3.63, 3.8) is 0 Å². The van der Waals surface area contributed by atoms with Crippen LogP contribution in [0.15, 0.2) is 36.4 Å². The Balaban J connectivity index is 0.00000104. The number of nitriles is 1. The molecule has 0 bridgehead atoms. The molecule has 1 atom stereocenters. The predicted octanol–water partition coefficient (Wildman–Crippen LogP) is 4.14. The van der Waals surface area contributed by atoms with Crippen LogP contribution < -0.4 is 0 Å². The third kappa shape index (κ3) is 18.0. The van der Waals surface area contributed by atoms with Crippen LogP contribution >= 0.6 is 11.8 Å². The Morgan fingerprint density at radius 2 is 1.38 bits per heavy atom. The highest BCUT2D eigenvalue weighted by Crippen LogP contribution is 2.25. The maximum Gasteiger partial charge on any atom is 0.356 e. The number of unbranched alkanes of at least 4 members (excludes halogenated alkanes) is 1. The molecular formula is C37H57N5O9S. The van der Waals surface area contributed by atoms with Crippen LogP contribution in [0.2, 0.25) is 0 Å². The van der Waals surface area contributed by atoms with Crippen molar-refractivity contribution in [1.29, 1.82) is 5.26 Å². The third-order valence-electron chi connectivity index (χ3n) is 7.96. The van der Waals surface area contributed by atoms with Gasteiger partial charge in [0.1, 0.15) is 16.8 Å². The molecule has 0 spiro atoms. The molecule has 1 N–H and O–H groups in total. The molecule has 14 nitrogen and oxygen atoms in total. The number of rotatable bonds is 11. The monoisotopic (exact) mass is 747 g/mol. The van der Waals surface area contributed by atoms with Crippen LogP contribution in [0.3, 0.4) is 0 Å². The first kappa shape index (κ1) is 45.0. The Hall–Kier alpha value is -3.20. The van der Waals surface area contributed by atoms with Gasteiger partial charge in [-0.1, -0.05) is 31.9 Å². The second-order valence-electron chi connectivity index (χ2n) is 12.5. The molecule has 2 aromatic heterocycles. The van der Waals surface area contributed by atoms with E-state index in [2.05, 4.69) is 26.7 Å². The molecule has 1 aliphatic heterocycles. The molecule has 1 saturated heterocycles. The number of carbonyl (C=O) groups excluding carboxylic acids is 2. The molecule has 3 heterocycles. The normalized spacial score (nSPS) is 16.9. The number of aliphatic hydroxyl groups excluding tert-OH is 1. The van der Waals surface area contributed by atoms with Crippen molar-refractivity contribution < 1.29 is 43.1 Å². The predicted molar refractivity (Wildman–Crippen MR) is 198 cm³/mol. The molecule has 0 aromatic carbocycles. The van der Waals surface area contributed by atoms with E-state index in [0.29, 0.717) is 91.3 Å². The molecular weight excluding hydrogens is 691 g/mol. The first-order valence-electron chi connectivity index (χ1n) is 17.7. The van der Waals surface area contributed by atoms with Crippen molar-refractivity contribution in [2.45, 2.75) is 57.4 Å². The molecule has 2 aromatic rings. The number of nitrogens with zero attached hydrogens (tertiary/aromatic N) is 5. The van der Waals surface area contributed by atoms with Gasteiger partial charge in [0.25, 0.3) is 0 Å². The number of thioether (sulfide) groups is 1. The van der Waals surface area contributed by atoms with E-state index in [1.807, 2.05) is 43.5 Å². The van der Waals surface area contributed by atoms with Gasteiger partial charge in [-0.2, -0.15) is 5.26 Å². The average Bonchev–Trinajstić information content (AvgIpc) is 3.15. The third-order valence-corrected chi connectivity index (χ3v) is 8.73. The fourth-order valence-corrected chi connectivity index (χ4v) is 5.34. The molecule has 290 valence electrons. The van der Waals surface area contributed by atoms with Crippen molar-refractivity contribution in [3.8, 4) is 5.40 Å². The Kier molecular flexibility index (Phi) is 23.0. The maximum absolute atomic E-state index is 12.2. The van der Waals surface area contributed by atoms with Gasteiger partial charge in [0, 0.05) is 37.5 Å². The number of thiocyanates is 1. The van der Waals surface area contributed by atoms with Gasteiger partial charge in [-0.3, -0.25) is 9.80 Å². The van der Waals surface area contributed by atoms with E-state index in [0.717, 1.165) is 42.4 Å². The molecule has 0 radical (unpaired) electrons. The van der Waals surface area contributed by atoms with Crippen LogP contribution in [0, 0.1) is 10.7 Å². The van der Waals surface area contributed by atoms with E-state index in [1.165, 1.54) is 14.2 Å². The second kappa shape index (κ2) is 26.5. The molecule has 1 fully saturated rings. The first-order chi connectivity index (χ1) is 25.2. The van der Waals surface area contributed by atoms with Crippen molar-refractivity contribution in [3.05, 3.63) is 59.2 Å². The summed E-state index contributed by atoms with van der Waals surface area (Å²) in [5.41, 5.74) is 2.20. The van der Waals surface area contributed by atoms with E-state index >= 15 is 0 Å². The van der Waals surface area contributed by atoms with Gasteiger partial charge in [-0.25, -0.2) is 19.6 Å². The fraction of sp³-hybridized carbons (Fsp3) is 0.649. The lowest BCUT2D eigenvalue weighted by molar-refractivity contribution is 0.000283. The molecule has 3 rings (SSSR count). The average molecular weight is 748 g/mol. The Morgan fingerprint density at radius 1 is 0.865 bits per heavy atom. The zero-order valence-electron chi connectivity index (χ0n) is 31.4. The number of pyridine rings is 2. The molecule has 0 saturated carbocycles. The van der Waals surface area contributed by atoms with Crippen LogP contribution in [-0.4, -0.2) is 141 Å². The van der Waals surface area contributed by atoms with E-state index in [4.69, 9.17) is 38.8 Å². The Labute approximate surface area is 313 Å². The summed E-state index contributed by atoms with van der Waals surface area (Å²) in [6, 6.07) is 10.9. The summed E-state index contributed by atoms with van der Waals surface area (Å²) in [7, 11) is 2.71. The minimum Gasteiger partial charge on any atom is -0.464 e. The zero-order chi connectivity index (χ0) is 38.0. The molecule has 0 amide bonds. The van der Waals surface area contributed by atoms with Gasteiger partial charge in [0.15, 0.2) is 0 Å². The number of ether oxygens (including phenoxy) is 6. The molecule has 15 heteroatoms. The quantitative estimate of drug-likeness (QED) is 0.257. The Morgan fingerprint density at radius 3 is 1.87 bits per heavy atom. The highest BCUT2D eigenvalue weighted by atomic mass is 32.2.